The van der Waals surface area contributed by atoms with E-state index in [-0.39, 0.29) is 0 Å². The largest absolute Gasteiger partial charge is 0.490 e. The van der Waals surface area contributed by atoms with E-state index in [9.17, 15) is 0 Å². The maximum Gasteiger partial charge on any atom is 0.175 e. The van der Waals surface area contributed by atoms with Gasteiger partial charge in [0.15, 0.2) is 11.5 Å². The molecule has 1 N–H and O–H groups in total. The minimum absolute atomic E-state index is 0.648. The minimum atomic E-state index is 0.648. The molecule has 0 heterocycles. The van der Waals surface area contributed by atoms with E-state index in [0.29, 0.717) is 6.61 Å². The van der Waals surface area contributed by atoms with Crippen molar-refractivity contribution in [3.8, 4) is 11.5 Å². The first kappa shape index (κ1) is 13.7. The molecule has 1 aromatic carbocycles. The van der Waals surface area contributed by atoms with Crippen LogP contribution in [0.2, 0.25) is 0 Å². The summed E-state index contributed by atoms with van der Waals surface area (Å²) < 4.78 is 12.5. The molecule has 0 spiro atoms. The van der Waals surface area contributed by atoms with Crippen LogP contribution >= 0.6 is 15.9 Å². The Morgan fingerprint density at radius 3 is 2.72 bits per heavy atom. The van der Waals surface area contributed by atoms with Gasteiger partial charge in [-0.15, -0.1) is 0 Å². The van der Waals surface area contributed by atoms with Crippen LogP contribution in [-0.4, -0.2) is 20.3 Å². The number of halogens is 1. The topological polar surface area (TPSA) is 30.5 Å². The number of ether oxygens (including phenoxy) is 2. The molecule has 0 amide bonds. The zero-order valence-electron chi connectivity index (χ0n) is 11.0. The third-order valence-corrected chi connectivity index (χ3v) is 3.50. The fraction of sp³-hybridized carbons (Fsp3) is 0.571. The molecule has 1 aromatic rings. The van der Waals surface area contributed by atoms with Crippen molar-refractivity contribution in [3.05, 3.63) is 22.2 Å². The Balaban J connectivity index is 2.17. The highest BCUT2D eigenvalue weighted by atomic mass is 79.9. The molecule has 4 heteroatoms. The van der Waals surface area contributed by atoms with Crippen LogP contribution in [0.4, 0.5) is 0 Å². The Labute approximate surface area is 117 Å². The number of benzene rings is 1. The van der Waals surface area contributed by atoms with Gasteiger partial charge in [-0.05, 0) is 66.4 Å². The van der Waals surface area contributed by atoms with E-state index in [4.69, 9.17) is 9.47 Å². The van der Waals surface area contributed by atoms with Crippen LogP contribution in [0.25, 0.3) is 0 Å². The van der Waals surface area contributed by atoms with Crippen molar-refractivity contribution in [2.45, 2.75) is 26.3 Å². The van der Waals surface area contributed by atoms with Crippen LogP contribution in [0.5, 0.6) is 11.5 Å². The summed E-state index contributed by atoms with van der Waals surface area (Å²) in [5, 5.41) is 3.14. The second-order valence-electron chi connectivity index (χ2n) is 4.62. The van der Waals surface area contributed by atoms with Gasteiger partial charge in [-0.1, -0.05) is 0 Å². The molecule has 100 valence electrons. The monoisotopic (exact) mass is 313 g/mol. The highest BCUT2D eigenvalue weighted by molar-refractivity contribution is 9.10. The smallest absolute Gasteiger partial charge is 0.175 e. The van der Waals surface area contributed by atoms with Gasteiger partial charge in [0, 0.05) is 6.54 Å². The van der Waals surface area contributed by atoms with Gasteiger partial charge in [0.05, 0.1) is 17.7 Å². The van der Waals surface area contributed by atoms with Crippen LogP contribution < -0.4 is 14.8 Å². The minimum Gasteiger partial charge on any atom is -0.490 e. The van der Waals surface area contributed by atoms with Crippen LogP contribution in [0.3, 0.4) is 0 Å². The standard InChI is InChI=1S/C14H20BrNO2/c1-3-17-13-7-11(8-16-2)6-12(15)14(13)18-9-10-4-5-10/h6-7,10,16H,3-5,8-9H2,1-2H3. The van der Waals surface area contributed by atoms with E-state index in [1.807, 2.05) is 20.0 Å². The van der Waals surface area contributed by atoms with Gasteiger partial charge in [0.1, 0.15) is 0 Å². The predicted molar refractivity (Wildman–Crippen MR) is 76.3 cm³/mol. The SMILES string of the molecule is CCOc1cc(CNC)cc(Br)c1OCC1CC1. The molecule has 1 aliphatic carbocycles. The normalized spacial score (nSPS) is 14.6. The Morgan fingerprint density at radius 2 is 2.11 bits per heavy atom. The molecule has 0 bridgehead atoms. The molecule has 0 aliphatic heterocycles. The summed E-state index contributed by atoms with van der Waals surface area (Å²) in [4.78, 5) is 0. The molecule has 0 unspecified atom stereocenters. The molecular weight excluding hydrogens is 294 g/mol. The Kier molecular flexibility index (Phi) is 4.89. The van der Waals surface area contributed by atoms with Crippen LogP contribution in [-0.2, 0) is 6.54 Å². The first-order chi connectivity index (χ1) is 8.74. The van der Waals surface area contributed by atoms with Gasteiger partial charge < -0.3 is 14.8 Å². The fourth-order valence-corrected chi connectivity index (χ4v) is 2.42. The lowest BCUT2D eigenvalue weighted by molar-refractivity contribution is 0.265. The molecule has 1 saturated carbocycles. The van der Waals surface area contributed by atoms with Gasteiger partial charge in [-0.2, -0.15) is 0 Å². The molecule has 2 rings (SSSR count). The zero-order valence-corrected chi connectivity index (χ0v) is 12.5. The van der Waals surface area contributed by atoms with E-state index in [2.05, 4.69) is 27.3 Å². The highest BCUT2D eigenvalue weighted by Crippen LogP contribution is 2.39. The second-order valence-corrected chi connectivity index (χ2v) is 5.48. The third kappa shape index (κ3) is 3.62. The number of rotatable bonds is 7. The van der Waals surface area contributed by atoms with Crippen LogP contribution in [0.15, 0.2) is 16.6 Å². The molecule has 3 nitrogen and oxygen atoms in total. The predicted octanol–water partition coefficient (Wildman–Crippen LogP) is 3.36. The van der Waals surface area contributed by atoms with Crippen molar-refractivity contribution in [1.29, 1.82) is 0 Å². The molecular formula is C14H20BrNO2. The summed E-state index contributed by atoms with van der Waals surface area (Å²) in [6, 6.07) is 4.13. The lowest BCUT2D eigenvalue weighted by Crippen LogP contribution is -2.07. The van der Waals surface area contributed by atoms with Crippen molar-refractivity contribution in [3.63, 3.8) is 0 Å². The van der Waals surface area contributed by atoms with E-state index in [1.165, 1.54) is 18.4 Å². The molecule has 0 radical (unpaired) electrons. The van der Waals surface area contributed by atoms with E-state index in [0.717, 1.165) is 35.0 Å². The van der Waals surface area contributed by atoms with Crippen molar-refractivity contribution in [2.75, 3.05) is 20.3 Å². The second kappa shape index (κ2) is 6.43. The van der Waals surface area contributed by atoms with Crippen molar-refractivity contribution >= 4 is 15.9 Å². The summed E-state index contributed by atoms with van der Waals surface area (Å²) in [6.07, 6.45) is 2.58. The van der Waals surface area contributed by atoms with Gasteiger partial charge in [0.25, 0.3) is 0 Å². The summed E-state index contributed by atoms with van der Waals surface area (Å²) in [7, 11) is 1.94. The van der Waals surface area contributed by atoms with Gasteiger partial charge >= 0.3 is 0 Å². The number of nitrogens with one attached hydrogen (secondary N) is 1. The average molecular weight is 314 g/mol. The first-order valence-corrected chi connectivity index (χ1v) is 7.26. The first-order valence-electron chi connectivity index (χ1n) is 6.47. The van der Waals surface area contributed by atoms with Crippen LogP contribution in [0, 0.1) is 5.92 Å². The summed E-state index contributed by atoms with van der Waals surface area (Å²) >= 11 is 3.58. The lowest BCUT2D eigenvalue weighted by Gasteiger charge is -2.15. The number of hydrogen-bond donors (Lipinski definition) is 1. The molecule has 0 aromatic heterocycles. The van der Waals surface area contributed by atoms with Crippen molar-refractivity contribution in [2.24, 2.45) is 5.92 Å². The van der Waals surface area contributed by atoms with Crippen molar-refractivity contribution in [1.82, 2.24) is 5.32 Å². The molecule has 18 heavy (non-hydrogen) atoms. The van der Waals surface area contributed by atoms with Gasteiger partial charge in [0.2, 0.25) is 0 Å². The van der Waals surface area contributed by atoms with E-state index in [1.54, 1.807) is 0 Å². The molecule has 1 aliphatic rings. The lowest BCUT2D eigenvalue weighted by atomic mass is 10.2. The average Bonchev–Trinajstić information content (AvgIpc) is 3.13. The summed E-state index contributed by atoms with van der Waals surface area (Å²) in [5.41, 5.74) is 1.19. The fourth-order valence-electron chi connectivity index (χ4n) is 1.82. The van der Waals surface area contributed by atoms with Gasteiger partial charge in [-0.25, -0.2) is 0 Å². The molecule has 0 saturated heterocycles. The van der Waals surface area contributed by atoms with Crippen LogP contribution in [0.1, 0.15) is 25.3 Å². The maximum absolute atomic E-state index is 5.89. The third-order valence-electron chi connectivity index (χ3n) is 2.91. The maximum atomic E-state index is 5.89. The highest BCUT2D eigenvalue weighted by Gasteiger charge is 2.23. The quantitative estimate of drug-likeness (QED) is 0.837. The van der Waals surface area contributed by atoms with Gasteiger partial charge in [-0.3, -0.25) is 0 Å². The Morgan fingerprint density at radius 1 is 1.33 bits per heavy atom. The molecule has 1 fully saturated rings. The summed E-state index contributed by atoms with van der Waals surface area (Å²) in [6.45, 7) is 4.25. The number of hydrogen-bond acceptors (Lipinski definition) is 3. The Bertz CT molecular complexity index is 405. The van der Waals surface area contributed by atoms with Crippen molar-refractivity contribution < 1.29 is 9.47 Å². The Hall–Kier alpha value is -0.740. The van der Waals surface area contributed by atoms with E-state index >= 15 is 0 Å². The molecule has 0 atom stereocenters. The zero-order chi connectivity index (χ0) is 13.0. The van der Waals surface area contributed by atoms with E-state index < -0.39 is 0 Å². The summed E-state index contributed by atoms with van der Waals surface area (Å²) in [5.74, 6) is 2.41.